The van der Waals surface area contributed by atoms with Crippen molar-refractivity contribution >= 4 is 33.0 Å². The second-order valence-electron chi connectivity index (χ2n) is 3.15. The van der Waals surface area contributed by atoms with Gasteiger partial charge in [-0.2, -0.15) is 0 Å². The first-order valence-corrected chi connectivity index (χ1v) is 6.05. The van der Waals surface area contributed by atoms with Crippen LogP contribution in [0.2, 0.25) is 0 Å². The maximum absolute atomic E-state index is 12.0. The first-order chi connectivity index (χ1) is 7.18. The lowest BCUT2D eigenvalue weighted by molar-refractivity contribution is 0.104. The summed E-state index contributed by atoms with van der Waals surface area (Å²) >= 11 is 4.77. The summed E-state index contributed by atoms with van der Waals surface area (Å²) in [7, 11) is 0. The normalized spacial score (nSPS) is 10.3. The molecule has 0 saturated heterocycles. The van der Waals surface area contributed by atoms with E-state index in [2.05, 4.69) is 20.9 Å². The summed E-state index contributed by atoms with van der Waals surface area (Å²) in [4.78, 5) is 16.7. The van der Waals surface area contributed by atoms with E-state index in [4.69, 9.17) is 0 Å². The molecule has 0 saturated carbocycles. The molecule has 0 amide bonds. The van der Waals surface area contributed by atoms with E-state index in [9.17, 15) is 4.79 Å². The fraction of sp³-hybridized carbons (Fsp3) is 0.0909. The van der Waals surface area contributed by atoms with Gasteiger partial charge >= 0.3 is 0 Å². The van der Waals surface area contributed by atoms with Crippen molar-refractivity contribution in [1.82, 2.24) is 4.98 Å². The van der Waals surface area contributed by atoms with Crippen LogP contribution in [0, 0.1) is 6.92 Å². The zero-order chi connectivity index (χ0) is 10.8. The lowest BCUT2D eigenvalue weighted by Crippen LogP contribution is -2.01. The van der Waals surface area contributed by atoms with Gasteiger partial charge in [-0.15, -0.1) is 11.3 Å². The van der Waals surface area contributed by atoms with Crippen LogP contribution in [0.4, 0.5) is 0 Å². The molecule has 0 bridgehead atoms. The molecule has 0 aromatic carbocycles. The van der Waals surface area contributed by atoms with E-state index in [-0.39, 0.29) is 5.78 Å². The molecule has 0 N–H and O–H groups in total. The number of aromatic nitrogens is 1. The van der Waals surface area contributed by atoms with E-state index >= 15 is 0 Å². The van der Waals surface area contributed by atoms with Gasteiger partial charge in [-0.1, -0.05) is 0 Å². The molecular formula is C11H8BrNOS. The minimum Gasteiger partial charge on any atom is -0.288 e. The fourth-order valence-electron chi connectivity index (χ4n) is 1.27. The number of thiophene rings is 1. The van der Waals surface area contributed by atoms with Gasteiger partial charge in [-0.25, -0.2) is 0 Å². The summed E-state index contributed by atoms with van der Waals surface area (Å²) < 4.78 is 0.942. The second-order valence-corrected chi connectivity index (χ2v) is 4.98. The topological polar surface area (TPSA) is 30.0 Å². The van der Waals surface area contributed by atoms with Crippen molar-refractivity contribution in [2.75, 3.05) is 0 Å². The molecule has 4 heteroatoms. The van der Waals surface area contributed by atoms with E-state index in [1.54, 1.807) is 12.4 Å². The van der Waals surface area contributed by atoms with Crippen LogP contribution in [0.15, 0.2) is 34.4 Å². The predicted octanol–water partition coefficient (Wildman–Crippen LogP) is 3.45. The second kappa shape index (κ2) is 4.24. The van der Waals surface area contributed by atoms with Crippen LogP contribution in [0.3, 0.4) is 0 Å². The van der Waals surface area contributed by atoms with Crippen molar-refractivity contribution in [2.45, 2.75) is 6.92 Å². The standard InChI is InChI=1S/C11H8BrNOS/c1-7-2-3-13-5-9(7)11(14)10-4-8(12)6-15-10/h2-6H,1H3. The molecule has 0 aliphatic carbocycles. The smallest absolute Gasteiger partial charge is 0.204 e. The lowest BCUT2D eigenvalue weighted by Gasteiger charge is -2.00. The van der Waals surface area contributed by atoms with Crippen LogP contribution < -0.4 is 0 Å². The summed E-state index contributed by atoms with van der Waals surface area (Å²) in [5, 5.41) is 1.90. The molecule has 0 aliphatic heterocycles. The Kier molecular flexibility index (Phi) is 2.98. The quantitative estimate of drug-likeness (QED) is 0.790. The van der Waals surface area contributed by atoms with Gasteiger partial charge in [0.05, 0.1) is 4.88 Å². The molecule has 2 aromatic rings. The number of hydrogen-bond donors (Lipinski definition) is 0. The molecule has 0 radical (unpaired) electrons. The minimum absolute atomic E-state index is 0.0382. The van der Waals surface area contributed by atoms with Gasteiger partial charge in [-0.3, -0.25) is 9.78 Å². The van der Waals surface area contributed by atoms with Crippen LogP contribution in [-0.4, -0.2) is 10.8 Å². The Labute approximate surface area is 100 Å². The zero-order valence-corrected chi connectivity index (χ0v) is 10.4. The average molecular weight is 282 g/mol. The monoisotopic (exact) mass is 281 g/mol. The number of carbonyl (C=O) groups excluding carboxylic acids is 1. The van der Waals surface area contributed by atoms with Gasteiger partial charge in [0, 0.05) is 27.8 Å². The highest BCUT2D eigenvalue weighted by Crippen LogP contribution is 2.23. The van der Waals surface area contributed by atoms with Gasteiger partial charge in [0.2, 0.25) is 5.78 Å². The van der Waals surface area contributed by atoms with E-state index in [0.29, 0.717) is 5.56 Å². The number of carbonyl (C=O) groups is 1. The van der Waals surface area contributed by atoms with E-state index in [1.807, 2.05) is 24.4 Å². The Morgan fingerprint density at radius 1 is 1.53 bits per heavy atom. The van der Waals surface area contributed by atoms with Gasteiger partial charge < -0.3 is 0 Å². The molecule has 15 heavy (non-hydrogen) atoms. The number of nitrogens with zero attached hydrogens (tertiary/aromatic N) is 1. The maximum atomic E-state index is 12.0. The molecular weight excluding hydrogens is 274 g/mol. The Balaban J connectivity index is 2.41. The number of hydrogen-bond acceptors (Lipinski definition) is 3. The third kappa shape index (κ3) is 2.16. The minimum atomic E-state index is 0.0382. The summed E-state index contributed by atoms with van der Waals surface area (Å²) in [6, 6.07) is 3.68. The van der Waals surface area contributed by atoms with Crippen molar-refractivity contribution in [3.05, 3.63) is 50.4 Å². The predicted molar refractivity (Wildman–Crippen MR) is 64.4 cm³/mol. The Hall–Kier alpha value is -1.000. The molecule has 76 valence electrons. The van der Waals surface area contributed by atoms with Crippen molar-refractivity contribution < 1.29 is 4.79 Å². The SMILES string of the molecule is Cc1ccncc1C(=O)c1cc(Br)cs1. The zero-order valence-electron chi connectivity index (χ0n) is 8.03. The van der Waals surface area contributed by atoms with Gasteiger partial charge in [0.1, 0.15) is 0 Å². The van der Waals surface area contributed by atoms with E-state index < -0.39 is 0 Å². The van der Waals surface area contributed by atoms with Gasteiger partial charge in [0.25, 0.3) is 0 Å². The molecule has 0 fully saturated rings. The van der Waals surface area contributed by atoms with Crippen molar-refractivity contribution in [1.29, 1.82) is 0 Å². The van der Waals surface area contributed by atoms with E-state index in [1.165, 1.54) is 11.3 Å². The number of halogens is 1. The summed E-state index contributed by atoms with van der Waals surface area (Å²) in [6.45, 7) is 1.91. The van der Waals surface area contributed by atoms with Gasteiger partial charge in [0.15, 0.2) is 0 Å². The van der Waals surface area contributed by atoms with Crippen LogP contribution in [0.5, 0.6) is 0 Å². The molecule has 0 atom stereocenters. The molecule has 2 aromatic heterocycles. The summed E-state index contributed by atoms with van der Waals surface area (Å²) in [5.74, 6) is 0.0382. The van der Waals surface area contributed by atoms with Crippen LogP contribution in [0.25, 0.3) is 0 Å². The van der Waals surface area contributed by atoms with Crippen molar-refractivity contribution in [2.24, 2.45) is 0 Å². The molecule has 0 aliphatic rings. The summed E-state index contributed by atoms with van der Waals surface area (Å²) in [5.41, 5.74) is 1.63. The molecule has 2 nitrogen and oxygen atoms in total. The highest BCUT2D eigenvalue weighted by atomic mass is 79.9. The number of rotatable bonds is 2. The highest BCUT2D eigenvalue weighted by Gasteiger charge is 2.13. The third-order valence-corrected chi connectivity index (χ3v) is 3.76. The molecule has 2 rings (SSSR count). The average Bonchev–Trinajstić information content (AvgIpc) is 2.65. The Morgan fingerprint density at radius 3 is 2.93 bits per heavy atom. The van der Waals surface area contributed by atoms with E-state index in [0.717, 1.165) is 14.9 Å². The van der Waals surface area contributed by atoms with Crippen LogP contribution >= 0.6 is 27.3 Å². The van der Waals surface area contributed by atoms with Gasteiger partial charge in [-0.05, 0) is 40.5 Å². The molecule has 2 heterocycles. The fourth-order valence-corrected chi connectivity index (χ4v) is 2.65. The first kappa shape index (κ1) is 10.5. The lowest BCUT2D eigenvalue weighted by atomic mass is 10.1. The number of pyridine rings is 1. The molecule has 0 spiro atoms. The maximum Gasteiger partial charge on any atom is 0.204 e. The van der Waals surface area contributed by atoms with Crippen molar-refractivity contribution in [3.8, 4) is 0 Å². The van der Waals surface area contributed by atoms with Crippen molar-refractivity contribution in [3.63, 3.8) is 0 Å². The van der Waals surface area contributed by atoms with Crippen LogP contribution in [0.1, 0.15) is 20.8 Å². The Morgan fingerprint density at radius 2 is 2.33 bits per heavy atom. The highest BCUT2D eigenvalue weighted by molar-refractivity contribution is 9.10. The number of ketones is 1. The molecule has 0 unspecified atom stereocenters. The number of aryl methyl sites for hydroxylation is 1. The third-order valence-electron chi connectivity index (χ3n) is 2.07. The summed E-state index contributed by atoms with van der Waals surface area (Å²) in [6.07, 6.45) is 3.31. The largest absolute Gasteiger partial charge is 0.288 e. The first-order valence-electron chi connectivity index (χ1n) is 4.38. The Bertz CT molecular complexity index is 507. The van der Waals surface area contributed by atoms with Crippen LogP contribution in [-0.2, 0) is 0 Å².